The molecule has 0 aliphatic carbocycles. The van der Waals surface area contributed by atoms with Gasteiger partial charge in [0.05, 0.1) is 13.7 Å². The molecule has 0 saturated heterocycles. The molecule has 1 heterocycles. The van der Waals surface area contributed by atoms with Crippen molar-refractivity contribution in [2.24, 2.45) is 4.99 Å². The number of fused-ring (bicyclic) bond motifs is 1. The Morgan fingerprint density at radius 3 is 2.80 bits per heavy atom. The van der Waals surface area contributed by atoms with E-state index in [0.29, 0.717) is 25.7 Å². The Balaban J connectivity index is 1.48. The molecule has 1 aliphatic rings. The van der Waals surface area contributed by atoms with Crippen LogP contribution in [0.25, 0.3) is 0 Å². The number of guanidine groups is 1. The lowest BCUT2D eigenvalue weighted by Gasteiger charge is -2.27. The van der Waals surface area contributed by atoms with E-state index < -0.39 is 0 Å². The van der Waals surface area contributed by atoms with Crippen molar-refractivity contribution in [3.8, 4) is 17.2 Å². The normalized spacial score (nSPS) is 16.2. The van der Waals surface area contributed by atoms with Gasteiger partial charge in [0.25, 0.3) is 0 Å². The lowest BCUT2D eigenvalue weighted by molar-refractivity contribution is 0.0936. The molecule has 0 spiro atoms. The van der Waals surface area contributed by atoms with Crippen molar-refractivity contribution in [3.63, 3.8) is 0 Å². The molecule has 2 N–H and O–H groups in total. The van der Waals surface area contributed by atoms with Gasteiger partial charge in [0, 0.05) is 13.6 Å². The summed E-state index contributed by atoms with van der Waals surface area (Å²) in [6, 6.07) is 15.6. The number of benzene rings is 2. The second kappa shape index (κ2) is 8.28. The lowest BCUT2D eigenvalue weighted by Crippen LogP contribution is -2.45. The summed E-state index contributed by atoms with van der Waals surface area (Å²) in [5.74, 6) is 3.12. The van der Waals surface area contributed by atoms with Gasteiger partial charge in [0.1, 0.15) is 18.5 Å². The van der Waals surface area contributed by atoms with E-state index in [-0.39, 0.29) is 6.10 Å². The zero-order valence-corrected chi connectivity index (χ0v) is 14.5. The largest absolute Gasteiger partial charge is 0.497 e. The number of para-hydroxylation sites is 2. The maximum Gasteiger partial charge on any atom is 0.191 e. The molecule has 132 valence electrons. The zero-order valence-electron chi connectivity index (χ0n) is 14.5. The van der Waals surface area contributed by atoms with Gasteiger partial charge < -0.3 is 24.8 Å². The first kappa shape index (κ1) is 17.0. The number of ether oxygens (including phenoxy) is 3. The Morgan fingerprint density at radius 2 is 2.00 bits per heavy atom. The number of hydrogen-bond donors (Lipinski definition) is 2. The second-order valence-corrected chi connectivity index (χ2v) is 5.66. The average molecular weight is 341 g/mol. The van der Waals surface area contributed by atoms with Crippen LogP contribution in [-0.2, 0) is 6.54 Å². The van der Waals surface area contributed by atoms with Gasteiger partial charge in [-0.3, -0.25) is 4.99 Å². The van der Waals surface area contributed by atoms with Crippen molar-refractivity contribution >= 4 is 5.96 Å². The fourth-order valence-corrected chi connectivity index (χ4v) is 2.56. The summed E-state index contributed by atoms with van der Waals surface area (Å²) < 4.78 is 16.9. The van der Waals surface area contributed by atoms with E-state index in [1.54, 1.807) is 14.2 Å². The van der Waals surface area contributed by atoms with E-state index in [1.165, 1.54) is 0 Å². The van der Waals surface area contributed by atoms with Gasteiger partial charge in [-0.1, -0.05) is 24.3 Å². The molecule has 0 radical (unpaired) electrons. The van der Waals surface area contributed by atoms with Gasteiger partial charge in [0.2, 0.25) is 0 Å². The van der Waals surface area contributed by atoms with Crippen LogP contribution in [0.1, 0.15) is 5.56 Å². The first-order valence-electron chi connectivity index (χ1n) is 8.24. The van der Waals surface area contributed by atoms with Crippen LogP contribution >= 0.6 is 0 Å². The average Bonchev–Trinajstić information content (AvgIpc) is 2.68. The third-order valence-electron chi connectivity index (χ3n) is 3.88. The van der Waals surface area contributed by atoms with Crippen molar-refractivity contribution < 1.29 is 14.2 Å². The van der Waals surface area contributed by atoms with Crippen LogP contribution in [0.15, 0.2) is 53.5 Å². The Kier molecular flexibility index (Phi) is 5.61. The van der Waals surface area contributed by atoms with E-state index in [1.807, 2.05) is 48.5 Å². The van der Waals surface area contributed by atoms with Crippen molar-refractivity contribution in [1.82, 2.24) is 10.6 Å². The summed E-state index contributed by atoms with van der Waals surface area (Å²) >= 11 is 0. The van der Waals surface area contributed by atoms with Gasteiger partial charge in [-0.2, -0.15) is 0 Å². The van der Waals surface area contributed by atoms with Crippen LogP contribution in [0, 0.1) is 0 Å². The maximum absolute atomic E-state index is 5.93. The molecule has 2 aromatic carbocycles. The number of hydrogen-bond acceptors (Lipinski definition) is 4. The van der Waals surface area contributed by atoms with Crippen LogP contribution in [0.2, 0.25) is 0 Å². The fraction of sp³-hybridized carbons (Fsp3) is 0.316. The maximum atomic E-state index is 5.93. The summed E-state index contributed by atoms with van der Waals surface area (Å²) in [6.45, 7) is 1.77. The quantitative estimate of drug-likeness (QED) is 0.645. The molecule has 6 heteroatoms. The van der Waals surface area contributed by atoms with Crippen molar-refractivity contribution in [1.29, 1.82) is 0 Å². The summed E-state index contributed by atoms with van der Waals surface area (Å²) in [6.07, 6.45) is -0.0646. The summed E-state index contributed by atoms with van der Waals surface area (Å²) in [5.41, 5.74) is 1.12. The van der Waals surface area contributed by atoms with Crippen molar-refractivity contribution in [2.45, 2.75) is 12.6 Å². The van der Waals surface area contributed by atoms with Crippen LogP contribution < -0.4 is 24.8 Å². The Bertz CT molecular complexity index is 733. The van der Waals surface area contributed by atoms with Crippen LogP contribution in [-0.4, -0.2) is 39.4 Å². The van der Waals surface area contributed by atoms with Gasteiger partial charge in [-0.05, 0) is 29.8 Å². The van der Waals surface area contributed by atoms with Gasteiger partial charge in [-0.15, -0.1) is 0 Å². The molecule has 0 bridgehead atoms. The van der Waals surface area contributed by atoms with Crippen LogP contribution in [0.3, 0.4) is 0 Å². The minimum absolute atomic E-state index is 0.0646. The first-order valence-corrected chi connectivity index (χ1v) is 8.24. The van der Waals surface area contributed by atoms with E-state index in [4.69, 9.17) is 14.2 Å². The van der Waals surface area contributed by atoms with Gasteiger partial charge in [-0.25, -0.2) is 0 Å². The molecular formula is C19H23N3O3. The fourth-order valence-electron chi connectivity index (χ4n) is 2.56. The number of aliphatic imine (C=N–C) groups is 1. The van der Waals surface area contributed by atoms with E-state index in [0.717, 1.165) is 22.8 Å². The highest BCUT2D eigenvalue weighted by atomic mass is 16.6. The van der Waals surface area contributed by atoms with Gasteiger partial charge >= 0.3 is 0 Å². The molecule has 1 unspecified atom stereocenters. The molecule has 1 atom stereocenters. The van der Waals surface area contributed by atoms with Crippen LogP contribution in [0.5, 0.6) is 17.2 Å². The number of nitrogens with zero attached hydrogens (tertiary/aromatic N) is 1. The molecule has 6 nitrogen and oxygen atoms in total. The molecule has 3 rings (SSSR count). The SMILES string of the molecule is CN=C(NCc1cccc(OC)c1)NCC1COc2ccccc2O1. The Labute approximate surface area is 147 Å². The predicted octanol–water partition coefficient (Wildman–Crippen LogP) is 2.20. The first-order chi connectivity index (χ1) is 12.3. The molecule has 25 heavy (non-hydrogen) atoms. The monoisotopic (exact) mass is 341 g/mol. The summed E-state index contributed by atoms with van der Waals surface area (Å²) in [5, 5.41) is 6.55. The Morgan fingerprint density at radius 1 is 1.16 bits per heavy atom. The second-order valence-electron chi connectivity index (χ2n) is 5.66. The molecule has 0 aromatic heterocycles. The predicted molar refractivity (Wildman–Crippen MR) is 97.5 cm³/mol. The lowest BCUT2D eigenvalue weighted by atomic mass is 10.2. The molecule has 0 fully saturated rings. The zero-order chi connectivity index (χ0) is 17.5. The number of rotatable bonds is 5. The minimum Gasteiger partial charge on any atom is -0.497 e. The number of methoxy groups -OCH3 is 1. The van der Waals surface area contributed by atoms with Crippen molar-refractivity contribution in [2.75, 3.05) is 27.3 Å². The minimum atomic E-state index is -0.0646. The summed E-state index contributed by atoms with van der Waals surface area (Å²) in [4.78, 5) is 4.24. The summed E-state index contributed by atoms with van der Waals surface area (Å²) in [7, 11) is 3.41. The molecule has 2 aromatic rings. The molecule has 1 aliphatic heterocycles. The van der Waals surface area contributed by atoms with Crippen LogP contribution in [0.4, 0.5) is 0 Å². The Hall–Kier alpha value is -2.89. The third-order valence-corrected chi connectivity index (χ3v) is 3.88. The number of nitrogens with one attached hydrogen (secondary N) is 2. The van der Waals surface area contributed by atoms with E-state index >= 15 is 0 Å². The highest BCUT2D eigenvalue weighted by Crippen LogP contribution is 2.30. The van der Waals surface area contributed by atoms with Crippen molar-refractivity contribution in [3.05, 3.63) is 54.1 Å². The van der Waals surface area contributed by atoms with E-state index in [2.05, 4.69) is 15.6 Å². The third kappa shape index (κ3) is 4.56. The molecule has 0 amide bonds. The highest BCUT2D eigenvalue weighted by molar-refractivity contribution is 5.79. The molecule has 0 saturated carbocycles. The standard InChI is InChI=1S/C19H23N3O3/c1-20-19(21-11-14-6-5-7-15(10-14)23-2)22-12-16-13-24-17-8-3-4-9-18(17)25-16/h3-10,16H,11-13H2,1-2H3,(H2,20,21,22). The smallest absolute Gasteiger partial charge is 0.191 e. The highest BCUT2D eigenvalue weighted by Gasteiger charge is 2.20. The molecular weight excluding hydrogens is 318 g/mol. The van der Waals surface area contributed by atoms with Gasteiger partial charge in [0.15, 0.2) is 17.5 Å². The van der Waals surface area contributed by atoms with E-state index in [9.17, 15) is 0 Å². The topological polar surface area (TPSA) is 64.1 Å².